The Bertz CT molecular complexity index is 1350. The summed E-state index contributed by atoms with van der Waals surface area (Å²) in [6, 6.07) is 15.7. The smallest absolute Gasteiger partial charge is 0.325 e. The van der Waals surface area contributed by atoms with Crippen molar-refractivity contribution in [3.8, 4) is 0 Å². The fourth-order valence-electron chi connectivity index (χ4n) is 3.51. The van der Waals surface area contributed by atoms with Gasteiger partial charge in [0, 0.05) is 23.0 Å². The van der Waals surface area contributed by atoms with E-state index in [2.05, 4.69) is 5.32 Å². The molecule has 10 heteroatoms. The molecule has 35 heavy (non-hydrogen) atoms. The number of fused-ring (bicyclic) bond motifs is 1. The first-order valence-electron chi connectivity index (χ1n) is 10.3. The van der Waals surface area contributed by atoms with Crippen molar-refractivity contribution in [2.24, 2.45) is 0 Å². The number of hydrogen-bond donors (Lipinski definition) is 1. The Kier molecular flexibility index (Phi) is 6.83. The Morgan fingerprint density at radius 3 is 2.29 bits per heavy atom. The van der Waals surface area contributed by atoms with Gasteiger partial charge in [-0.25, -0.2) is 8.78 Å². The third kappa shape index (κ3) is 6.02. The van der Waals surface area contributed by atoms with E-state index < -0.39 is 41.7 Å². The van der Waals surface area contributed by atoms with Crippen molar-refractivity contribution in [2.45, 2.75) is 12.7 Å². The van der Waals surface area contributed by atoms with Gasteiger partial charge in [-0.15, -0.1) is 11.3 Å². The standard InChI is InChI=1S/C25H17F5N2O2S/c26-18-8-15(9-19(27)12-18)13-32(24(34)22-10-16-4-1-2-7-21(16)35-22)14-23(33)31-20-6-3-5-17(11-20)25(28,29)30/h1-12H,13-14H2,(H,31,33). The molecule has 4 aromatic rings. The van der Waals surface area contributed by atoms with Crippen molar-refractivity contribution in [3.05, 3.63) is 100 Å². The number of carbonyl (C=O) groups is 2. The van der Waals surface area contributed by atoms with E-state index in [4.69, 9.17) is 0 Å². The topological polar surface area (TPSA) is 49.4 Å². The number of nitrogens with zero attached hydrogens (tertiary/aromatic N) is 1. The molecular weight excluding hydrogens is 487 g/mol. The summed E-state index contributed by atoms with van der Waals surface area (Å²) in [5.74, 6) is -3.02. The highest BCUT2D eigenvalue weighted by Gasteiger charge is 2.30. The lowest BCUT2D eigenvalue weighted by molar-refractivity contribution is -0.137. The number of anilines is 1. The highest BCUT2D eigenvalue weighted by atomic mass is 32.1. The minimum Gasteiger partial charge on any atom is -0.325 e. The van der Waals surface area contributed by atoms with Crippen LogP contribution in [0, 0.1) is 11.6 Å². The molecule has 0 aliphatic rings. The number of alkyl halides is 3. The summed E-state index contributed by atoms with van der Waals surface area (Å²) in [6.07, 6.45) is -4.59. The van der Waals surface area contributed by atoms with Gasteiger partial charge in [-0.1, -0.05) is 24.3 Å². The molecule has 0 bridgehead atoms. The zero-order valence-corrected chi connectivity index (χ0v) is 18.7. The average Bonchev–Trinajstić information content (AvgIpc) is 3.21. The molecular formula is C25H17F5N2O2S. The van der Waals surface area contributed by atoms with Crippen LogP contribution < -0.4 is 5.32 Å². The molecule has 0 saturated carbocycles. The molecule has 180 valence electrons. The molecule has 0 unspecified atom stereocenters. The maximum absolute atomic E-state index is 13.7. The predicted molar refractivity (Wildman–Crippen MR) is 123 cm³/mol. The number of hydrogen-bond acceptors (Lipinski definition) is 3. The van der Waals surface area contributed by atoms with Crippen molar-refractivity contribution < 1.29 is 31.5 Å². The second-order valence-electron chi connectivity index (χ2n) is 7.71. The van der Waals surface area contributed by atoms with E-state index in [1.54, 1.807) is 12.1 Å². The monoisotopic (exact) mass is 504 g/mol. The van der Waals surface area contributed by atoms with Gasteiger partial charge in [-0.3, -0.25) is 9.59 Å². The predicted octanol–water partition coefficient (Wildman–Crippen LogP) is 6.48. The summed E-state index contributed by atoms with van der Waals surface area (Å²) in [5, 5.41) is 3.16. The third-order valence-corrected chi connectivity index (χ3v) is 6.13. The first kappa shape index (κ1) is 24.3. The Labute approximate surface area is 200 Å². The molecule has 4 rings (SSSR count). The van der Waals surface area contributed by atoms with Crippen LogP contribution in [0.4, 0.5) is 27.6 Å². The van der Waals surface area contributed by atoms with Gasteiger partial charge in [-0.2, -0.15) is 13.2 Å². The van der Waals surface area contributed by atoms with Crippen molar-refractivity contribution >= 4 is 38.9 Å². The van der Waals surface area contributed by atoms with Crippen LogP contribution in [0.1, 0.15) is 20.8 Å². The summed E-state index contributed by atoms with van der Waals surface area (Å²) in [4.78, 5) is 27.4. The third-order valence-electron chi connectivity index (χ3n) is 5.03. The van der Waals surface area contributed by atoms with Gasteiger partial charge in [0.2, 0.25) is 5.91 Å². The average molecular weight is 504 g/mol. The van der Waals surface area contributed by atoms with Gasteiger partial charge in [-0.05, 0) is 53.4 Å². The van der Waals surface area contributed by atoms with Gasteiger partial charge in [0.1, 0.15) is 18.2 Å². The second kappa shape index (κ2) is 9.83. The summed E-state index contributed by atoms with van der Waals surface area (Å²) in [5.41, 5.74) is -0.927. The lowest BCUT2D eigenvalue weighted by atomic mass is 10.2. The Balaban J connectivity index is 1.59. The van der Waals surface area contributed by atoms with E-state index in [1.807, 2.05) is 18.2 Å². The van der Waals surface area contributed by atoms with Crippen LogP contribution >= 0.6 is 11.3 Å². The molecule has 0 saturated heterocycles. The number of thiophene rings is 1. The Morgan fingerprint density at radius 1 is 0.886 bits per heavy atom. The number of rotatable bonds is 6. The summed E-state index contributed by atoms with van der Waals surface area (Å²) in [7, 11) is 0. The van der Waals surface area contributed by atoms with Gasteiger partial charge in [0.15, 0.2) is 0 Å². The molecule has 0 atom stereocenters. The highest BCUT2D eigenvalue weighted by molar-refractivity contribution is 7.20. The number of benzene rings is 3. The van der Waals surface area contributed by atoms with Crippen molar-refractivity contribution in [2.75, 3.05) is 11.9 Å². The normalized spacial score (nSPS) is 11.5. The van der Waals surface area contributed by atoms with E-state index in [0.29, 0.717) is 10.9 Å². The minimum atomic E-state index is -4.59. The van der Waals surface area contributed by atoms with Crippen molar-refractivity contribution in [3.63, 3.8) is 0 Å². The quantitative estimate of drug-likeness (QED) is 0.306. The van der Waals surface area contributed by atoms with Gasteiger partial charge < -0.3 is 10.2 Å². The lowest BCUT2D eigenvalue weighted by Gasteiger charge is -2.22. The molecule has 0 fully saturated rings. The maximum atomic E-state index is 13.7. The highest BCUT2D eigenvalue weighted by Crippen LogP contribution is 2.31. The number of carbonyl (C=O) groups excluding carboxylic acids is 2. The molecule has 3 aromatic carbocycles. The maximum Gasteiger partial charge on any atom is 0.416 e. The van der Waals surface area contributed by atoms with Gasteiger partial charge in [0.25, 0.3) is 5.91 Å². The van der Waals surface area contributed by atoms with E-state index in [-0.39, 0.29) is 17.8 Å². The van der Waals surface area contributed by atoms with Crippen molar-refractivity contribution in [1.82, 2.24) is 4.90 Å². The summed E-state index contributed by atoms with van der Waals surface area (Å²) < 4.78 is 67.2. The molecule has 0 spiro atoms. The largest absolute Gasteiger partial charge is 0.416 e. The van der Waals surface area contributed by atoms with Crippen LogP contribution in [-0.4, -0.2) is 23.3 Å². The van der Waals surface area contributed by atoms with Crippen LogP contribution in [0.25, 0.3) is 10.1 Å². The van der Waals surface area contributed by atoms with Crippen LogP contribution in [0.15, 0.2) is 72.8 Å². The van der Waals surface area contributed by atoms with Crippen LogP contribution in [0.5, 0.6) is 0 Å². The molecule has 0 aliphatic heterocycles. The number of halogens is 5. The number of nitrogens with one attached hydrogen (secondary N) is 1. The van der Waals surface area contributed by atoms with E-state index >= 15 is 0 Å². The molecule has 2 amide bonds. The second-order valence-corrected chi connectivity index (χ2v) is 8.80. The first-order chi connectivity index (χ1) is 16.6. The van der Waals surface area contributed by atoms with Crippen molar-refractivity contribution in [1.29, 1.82) is 0 Å². The summed E-state index contributed by atoms with van der Waals surface area (Å²) in [6.45, 7) is -0.848. The van der Waals surface area contributed by atoms with E-state index in [0.717, 1.165) is 45.3 Å². The van der Waals surface area contributed by atoms with Crippen LogP contribution in [0.3, 0.4) is 0 Å². The first-order valence-corrected chi connectivity index (χ1v) is 11.1. The molecule has 1 aromatic heterocycles. The lowest BCUT2D eigenvalue weighted by Crippen LogP contribution is -2.37. The molecule has 0 radical (unpaired) electrons. The SMILES string of the molecule is O=C(CN(Cc1cc(F)cc(F)c1)C(=O)c1cc2ccccc2s1)Nc1cccc(C(F)(F)F)c1. The van der Waals surface area contributed by atoms with Gasteiger partial charge >= 0.3 is 6.18 Å². The summed E-state index contributed by atoms with van der Waals surface area (Å²) >= 11 is 1.19. The van der Waals surface area contributed by atoms with Crippen LogP contribution in [0.2, 0.25) is 0 Å². The minimum absolute atomic E-state index is 0.101. The zero-order valence-electron chi connectivity index (χ0n) is 17.9. The fraction of sp³-hybridized carbons (Fsp3) is 0.120. The fourth-order valence-corrected chi connectivity index (χ4v) is 4.54. The van der Waals surface area contributed by atoms with Crippen LogP contribution in [-0.2, 0) is 17.5 Å². The van der Waals surface area contributed by atoms with E-state index in [1.165, 1.54) is 17.4 Å². The molecule has 4 nitrogen and oxygen atoms in total. The Morgan fingerprint density at radius 2 is 1.60 bits per heavy atom. The van der Waals surface area contributed by atoms with E-state index in [9.17, 15) is 31.5 Å². The van der Waals surface area contributed by atoms with Gasteiger partial charge in [0.05, 0.1) is 10.4 Å². The Hall–Kier alpha value is -3.79. The number of amides is 2. The molecule has 0 aliphatic carbocycles. The molecule has 1 heterocycles. The molecule has 1 N–H and O–H groups in total. The zero-order chi connectivity index (χ0) is 25.2.